The van der Waals surface area contributed by atoms with Crippen LogP contribution in [0.3, 0.4) is 0 Å². The van der Waals surface area contributed by atoms with E-state index in [4.69, 9.17) is 4.74 Å². The summed E-state index contributed by atoms with van der Waals surface area (Å²) in [7, 11) is 0. The molecule has 2 atom stereocenters. The van der Waals surface area contributed by atoms with Crippen molar-refractivity contribution >= 4 is 11.9 Å². The molecule has 46 heavy (non-hydrogen) atoms. The van der Waals surface area contributed by atoms with Crippen LogP contribution < -0.4 is 0 Å². The fraction of sp³-hybridized carbons (Fsp3) is 0.951. The molecule has 1 saturated heterocycles. The quantitative estimate of drug-likeness (QED) is 0.0556. The standard InChI is InChI=1S/C41H79NO4/c1-3-5-7-9-11-13-15-17-18-19-21-23-25-27-29-33-41(45)46-37-38-31-30-36-42(38)40(44)35-34-39(43)32-28-26-24-22-20-16-14-12-10-8-6-4-2/h38-39,43H,3-37H2,1-2H3/t38?,39-/m1/s1. The first kappa shape index (κ1) is 42.9. The first-order valence-electron chi connectivity index (χ1n) is 20.7. The van der Waals surface area contributed by atoms with E-state index < -0.39 is 0 Å². The van der Waals surface area contributed by atoms with Gasteiger partial charge >= 0.3 is 5.97 Å². The van der Waals surface area contributed by atoms with Gasteiger partial charge < -0.3 is 14.7 Å². The molecule has 0 aromatic carbocycles. The monoisotopic (exact) mass is 650 g/mol. The van der Waals surface area contributed by atoms with Gasteiger partial charge in [-0.1, -0.05) is 181 Å². The largest absolute Gasteiger partial charge is 0.463 e. The lowest BCUT2D eigenvalue weighted by molar-refractivity contribution is -0.147. The van der Waals surface area contributed by atoms with Gasteiger partial charge in [0.25, 0.3) is 0 Å². The van der Waals surface area contributed by atoms with Crippen molar-refractivity contribution in [1.29, 1.82) is 0 Å². The molecule has 1 amide bonds. The third-order valence-electron chi connectivity index (χ3n) is 10.2. The van der Waals surface area contributed by atoms with Crippen molar-refractivity contribution in [2.24, 2.45) is 0 Å². The van der Waals surface area contributed by atoms with Crippen LogP contribution in [0.25, 0.3) is 0 Å². The number of nitrogens with zero attached hydrogens (tertiary/aromatic N) is 1. The lowest BCUT2D eigenvalue weighted by Gasteiger charge is -2.25. The van der Waals surface area contributed by atoms with E-state index in [2.05, 4.69) is 13.8 Å². The third-order valence-corrected chi connectivity index (χ3v) is 10.2. The number of ether oxygens (including phenoxy) is 1. The minimum Gasteiger partial charge on any atom is -0.463 e. The number of carbonyl (C=O) groups is 2. The summed E-state index contributed by atoms with van der Waals surface area (Å²) in [5.41, 5.74) is 0. The predicted octanol–water partition coefficient (Wildman–Crippen LogP) is 12.0. The summed E-state index contributed by atoms with van der Waals surface area (Å²) in [5, 5.41) is 10.4. The van der Waals surface area contributed by atoms with Gasteiger partial charge in [0.15, 0.2) is 0 Å². The summed E-state index contributed by atoms with van der Waals surface area (Å²) in [5.74, 6) is -0.0125. The zero-order valence-electron chi connectivity index (χ0n) is 31.0. The highest BCUT2D eigenvalue weighted by Crippen LogP contribution is 2.21. The third kappa shape index (κ3) is 25.9. The highest BCUT2D eigenvalue weighted by atomic mass is 16.5. The summed E-state index contributed by atoms with van der Waals surface area (Å²) in [4.78, 5) is 27.1. The van der Waals surface area contributed by atoms with Gasteiger partial charge in [0.1, 0.15) is 6.61 Å². The van der Waals surface area contributed by atoms with Crippen molar-refractivity contribution in [3.63, 3.8) is 0 Å². The highest BCUT2D eigenvalue weighted by Gasteiger charge is 2.29. The number of rotatable bonds is 34. The van der Waals surface area contributed by atoms with E-state index in [0.29, 0.717) is 25.9 Å². The zero-order valence-corrected chi connectivity index (χ0v) is 31.0. The number of aliphatic hydroxyl groups is 1. The fourth-order valence-electron chi connectivity index (χ4n) is 7.04. The molecule has 0 bridgehead atoms. The Morgan fingerprint density at radius 3 is 1.46 bits per heavy atom. The Balaban J connectivity index is 1.96. The number of unbranched alkanes of at least 4 members (excludes halogenated alkanes) is 25. The van der Waals surface area contributed by atoms with Gasteiger partial charge in [-0.25, -0.2) is 0 Å². The van der Waals surface area contributed by atoms with Crippen LogP contribution in [-0.2, 0) is 14.3 Å². The number of hydrogen-bond acceptors (Lipinski definition) is 4. The molecule has 5 nitrogen and oxygen atoms in total. The zero-order chi connectivity index (χ0) is 33.3. The first-order chi connectivity index (χ1) is 22.6. The van der Waals surface area contributed by atoms with Gasteiger partial charge in [-0.3, -0.25) is 9.59 Å². The maximum Gasteiger partial charge on any atom is 0.305 e. The van der Waals surface area contributed by atoms with E-state index in [1.54, 1.807) is 0 Å². The minimum absolute atomic E-state index is 0.00555. The number of aliphatic hydroxyl groups excluding tert-OH is 1. The molecule has 0 aliphatic carbocycles. The molecule has 0 radical (unpaired) electrons. The van der Waals surface area contributed by atoms with E-state index in [-0.39, 0.29) is 24.0 Å². The second-order valence-corrected chi connectivity index (χ2v) is 14.6. The number of amides is 1. The molecule has 0 aromatic heterocycles. The molecule has 1 rings (SSSR count). The molecule has 1 fully saturated rings. The minimum atomic E-state index is -0.388. The molecule has 1 unspecified atom stereocenters. The summed E-state index contributed by atoms with van der Waals surface area (Å²) >= 11 is 0. The molecule has 1 heterocycles. The SMILES string of the molecule is CCCCCCCCCCCCCCCCCC(=O)OCC1CCCN1C(=O)CC[C@H](O)CCCCCCCCCCCCCC. The molecule has 0 saturated carbocycles. The average Bonchev–Trinajstić information content (AvgIpc) is 3.54. The van der Waals surface area contributed by atoms with Crippen molar-refractivity contribution in [3.8, 4) is 0 Å². The molecular weight excluding hydrogens is 570 g/mol. The number of esters is 1. The van der Waals surface area contributed by atoms with Crippen LogP contribution in [0.2, 0.25) is 0 Å². The Labute approximate surface area is 286 Å². The molecule has 1 aliphatic heterocycles. The normalized spacial score (nSPS) is 15.5. The van der Waals surface area contributed by atoms with Gasteiger partial charge in [0.05, 0.1) is 12.1 Å². The maximum atomic E-state index is 12.9. The molecular formula is C41H79NO4. The lowest BCUT2D eigenvalue weighted by atomic mass is 10.0. The summed E-state index contributed by atoms with van der Waals surface area (Å²) in [6.07, 6.45) is 39.3. The number of carbonyl (C=O) groups excluding carboxylic acids is 2. The Bertz CT molecular complexity index is 683. The summed E-state index contributed by atoms with van der Waals surface area (Å²) in [6, 6.07) is 0.00555. The van der Waals surface area contributed by atoms with Crippen LogP contribution in [0.4, 0.5) is 0 Å². The van der Waals surface area contributed by atoms with E-state index in [0.717, 1.165) is 45.1 Å². The van der Waals surface area contributed by atoms with Gasteiger partial charge in [-0.15, -0.1) is 0 Å². The van der Waals surface area contributed by atoms with Crippen LogP contribution in [-0.4, -0.2) is 47.2 Å². The maximum absolute atomic E-state index is 12.9. The lowest BCUT2D eigenvalue weighted by Crippen LogP contribution is -2.39. The molecule has 0 aromatic rings. The Morgan fingerprint density at radius 1 is 0.587 bits per heavy atom. The van der Waals surface area contributed by atoms with E-state index >= 15 is 0 Å². The van der Waals surface area contributed by atoms with Gasteiger partial charge in [-0.05, 0) is 32.1 Å². The van der Waals surface area contributed by atoms with Gasteiger partial charge in [0.2, 0.25) is 5.91 Å². The van der Waals surface area contributed by atoms with E-state index in [1.807, 2.05) is 4.90 Å². The predicted molar refractivity (Wildman–Crippen MR) is 196 cm³/mol. The Morgan fingerprint density at radius 2 is 1.00 bits per heavy atom. The average molecular weight is 650 g/mol. The second kappa shape index (κ2) is 32.4. The van der Waals surface area contributed by atoms with E-state index in [9.17, 15) is 14.7 Å². The Hall–Kier alpha value is -1.10. The number of likely N-dealkylation sites (tertiary alicyclic amines) is 1. The van der Waals surface area contributed by atoms with Crippen LogP contribution in [0.15, 0.2) is 0 Å². The molecule has 272 valence electrons. The van der Waals surface area contributed by atoms with Crippen LogP contribution in [0.5, 0.6) is 0 Å². The van der Waals surface area contributed by atoms with Gasteiger partial charge in [0, 0.05) is 19.4 Å². The van der Waals surface area contributed by atoms with Gasteiger partial charge in [-0.2, -0.15) is 0 Å². The van der Waals surface area contributed by atoms with E-state index in [1.165, 1.54) is 154 Å². The van der Waals surface area contributed by atoms with Crippen LogP contribution in [0.1, 0.15) is 226 Å². The summed E-state index contributed by atoms with van der Waals surface area (Å²) in [6.45, 7) is 5.62. The van der Waals surface area contributed by atoms with Crippen LogP contribution in [0, 0.1) is 0 Å². The van der Waals surface area contributed by atoms with Crippen molar-refractivity contribution in [3.05, 3.63) is 0 Å². The topological polar surface area (TPSA) is 66.8 Å². The molecule has 5 heteroatoms. The molecule has 0 spiro atoms. The number of hydrogen-bond donors (Lipinski definition) is 1. The van der Waals surface area contributed by atoms with Crippen molar-refractivity contribution in [2.75, 3.05) is 13.2 Å². The second-order valence-electron chi connectivity index (χ2n) is 14.6. The van der Waals surface area contributed by atoms with Crippen molar-refractivity contribution < 1.29 is 19.4 Å². The van der Waals surface area contributed by atoms with Crippen LogP contribution >= 0.6 is 0 Å². The highest BCUT2D eigenvalue weighted by molar-refractivity contribution is 5.77. The molecule has 1 aliphatic rings. The Kier molecular flexibility index (Phi) is 30.3. The summed E-state index contributed by atoms with van der Waals surface area (Å²) < 4.78 is 5.60. The first-order valence-corrected chi connectivity index (χ1v) is 20.7. The van der Waals surface area contributed by atoms with Crippen molar-refractivity contribution in [1.82, 2.24) is 4.90 Å². The van der Waals surface area contributed by atoms with Crippen molar-refractivity contribution in [2.45, 2.75) is 238 Å². The smallest absolute Gasteiger partial charge is 0.305 e. The molecule has 1 N–H and O–H groups in total. The fourth-order valence-corrected chi connectivity index (χ4v) is 7.04.